The topological polar surface area (TPSA) is 106 Å². The van der Waals surface area contributed by atoms with Gasteiger partial charge in [0.2, 0.25) is 5.91 Å². The first kappa shape index (κ1) is 19.6. The molecule has 0 aromatic heterocycles. The van der Waals surface area contributed by atoms with E-state index in [1.807, 2.05) is 18.2 Å². The normalized spacial score (nSPS) is 18.9. The van der Waals surface area contributed by atoms with Crippen LogP contribution < -0.4 is 21.3 Å². The second kappa shape index (κ2) is 9.14. The maximum absolute atomic E-state index is 12.6. The van der Waals surface area contributed by atoms with Gasteiger partial charge in [-0.1, -0.05) is 30.3 Å². The summed E-state index contributed by atoms with van der Waals surface area (Å²) in [6.45, 7) is 1.63. The maximum atomic E-state index is 12.6. The van der Waals surface area contributed by atoms with Crippen LogP contribution in [0.25, 0.3) is 0 Å². The van der Waals surface area contributed by atoms with Gasteiger partial charge in [0.15, 0.2) is 6.54 Å². The minimum atomic E-state index is -0.305. The van der Waals surface area contributed by atoms with E-state index in [1.165, 1.54) is 0 Å². The van der Waals surface area contributed by atoms with E-state index in [0.29, 0.717) is 23.5 Å². The quantitative estimate of drug-likeness (QED) is 0.591. The van der Waals surface area contributed by atoms with Crippen LogP contribution in [0.2, 0.25) is 0 Å². The SMILES string of the molecule is NC(=O)[C@H]1CCC[NH+](CC(=O)Nc2ccccc2C(=O)Nc2ccccc2)C1. The van der Waals surface area contributed by atoms with Crippen molar-refractivity contribution in [1.82, 2.24) is 0 Å². The fraction of sp³-hybridized carbons (Fsp3) is 0.286. The van der Waals surface area contributed by atoms with Crippen molar-refractivity contribution in [2.75, 3.05) is 30.3 Å². The lowest BCUT2D eigenvalue weighted by Gasteiger charge is -2.27. The Bertz CT molecular complexity index is 854. The number of nitrogens with two attached hydrogens (primary N) is 1. The molecule has 2 atom stereocenters. The van der Waals surface area contributed by atoms with Crippen molar-refractivity contribution >= 4 is 29.1 Å². The van der Waals surface area contributed by atoms with Crippen LogP contribution in [-0.2, 0) is 9.59 Å². The lowest BCUT2D eigenvalue weighted by molar-refractivity contribution is -0.899. The Morgan fingerprint density at radius 2 is 1.71 bits per heavy atom. The van der Waals surface area contributed by atoms with E-state index in [0.717, 1.165) is 24.3 Å². The maximum Gasteiger partial charge on any atom is 0.279 e. The molecule has 0 aliphatic carbocycles. The Morgan fingerprint density at radius 3 is 2.46 bits per heavy atom. The molecule has 7 heteroatoms. The zero-order valence-corrected chi connectivity index (χ0v) is 15.6. The highest BCUT2D eigenvalue weighted by Crippen LogP contribution is 2.17. The average molecular weight is 381 g/mol. The van der Waals surface area contributed by atoms with Gasteiger partial charge in [-0.3, -0.25) is 14.4 Å². The summed E-state index contributed by atoms with van der Waals surface area (Å²) < 4.78 is 0. The Labute approximate surface area is 163 Å². The van der Waals surface area contributed by atoms with Crippen molar-refractivity contribution in [3.8, 4) is 0 Å². The van der Waals surface area contributed by atoms with Gasteiger partial charge in [-0.25, -0.2) is 0 Å². The molecular formula is C21H25N4O3+. The van der Waals surface area contributed by atoms with E-state index in [2.05, 4.69) is 10.6 Å². The van der Waals surface area contributed by atoms with Crippen LogP contribution in [0.1, 0.15) is 23.2 Å². The number of carbonyl (C=O) groups is 3. The van der Waals surface area contributed by atoms with E-state index in [4.69, 9.17) is 5.73 Å². The third-order valence-corrected chi connectivity index (χ3v) is 4.91. The molecule has 2 aromatic rings. The number of primary amides is 1. The largest absolute Gasteiger partial charge is 0.369 e. The molecule has 7 nitrogen and oxygen atoms in total. The van der Waals surface area contributed by atoms with Crippen LogP contribution in [0.3, 0.4) is 0 Å². The molecule has 1 fully saturated rings. The molecule has 3 amide bonds. The molecule has 0 spiro atoms. The molecule has 1 aliphatic rings. The van der Waals surface area contributed by atoms with E-state index in [-0.39, 0.29) is 30.2 Å². The van der Waals surface area contributed by atoms with E-state index >= 15 is 0 Å². The van der Waals surface area contributed by atoms with Gasteiger partial charge in [0.05, 0.1) is 30.3 Å². The molecule has 1 saturated heterocycles. The van der Waals surface area contributed by atoms with Gasteiger partial charge < -0.3 is 21.3 Å². The number of carbonyl (C=O) groups excluding carboxylic acids is 3. The number of rotatable bonds is 6. The zero-order valence-electron chi connectivity index (χ0n) is 15.6. The summed E-state index contributed by atoms with van der Waals surface area (Å²) >= 11 is 0. The number of likely N-dealkylation sites (tertiary alicyclic amines) is 1. The molecule has 1 aliphatic heterocycles. The number of benzene rings is 2. The number of anilines is 2. The van der Waals surface area contributed by atoms with Crippen molar-refractivity contribution in [3.05, 3.63) is 60.2 Å². The summed E-state index contributed by atoms with van der Waals surface area (Å²) in [5.41, 5.74) is 6.94. The lowest BCUT2D eigenvalue weighted by atomic mass is 9.97. The number of hydrogen-bond acceptors (Lipinski definition) is 3. The number of nitrogens with one attached hydrogen (secondary N) is 3. The monoisotopic (exact) mass is 381 g/mol. The van der Waals surface area contributed by atoms with Crippen LogP contribution in [0.5, 0.6) is 0 Å². The summed E-state index contributed by atoms with van der Waals surface area (Å²) in [5, 5.41) is 5.66. The third-order valence-electron chi connectivity index (χ3n) is 4.91. The van der Waals surface area contributed by atoms with Crippen LogP contribution >= 0.6 is 0 Å². The second-order valence-electron chi connectivity index (χ2n) is 7.04. The van der Waals surface area contributed by atoms with E-state index < -0.39 is 0 Å². The van der Waals surface area contributed by atoms with E-state index in [9.17, 15) is 14.4 Å². The average Bonchev–Trinajstić information content (AvgIpc) is 2.69. The fourth-order valence-electron chi connectivity index (χ4n) is 3.49. The molecule has 2 aromatic carbocycles. The van der Waals surface area contributed by atoms with Crippen LogP contribution in [0, 0.1) is 5.92 Å². The molecule has 0 saturated carbocycles. The Hall–Kier alpha value is -3.19. The molecule has 1 heterocycles. The molecule has 0 radical (unpaired) electrons. The van der Waals surface area contributed by atoms with Gasteiger partial charge >= 0.3 is 0 Å². The molecule has 5 N–H and O–H groups in total. The minimum Gasteiger partial charge on any atom is -0.369 e. The number of hydrogen-bond donors (Lipinski definition) is 4. The zero-order chi connectivity index (χ0) is 19.9. The number of para-hydroxylation sites is 2. The van der Waals surface area contributed by atoms with Crippen LogP contribution in [-0.4, -0.2) is 37.4 Å². The molecule has 1 unspecified atom stereocenters. The molecule has 3 rings (SSSR count). The third kappa shape index (κ3) is 5.17. The van der Waals surface area contributed by atoms with Crippen molar-refractivity contribution in [2.45, 2.75) is 12.8 Å². The van der Waals surface area contributed by atoms with Gasteiger partial charge in [-0.15, -0.1) is 0 Å². The first-order valence-electron chi connectivity index (χ1n) is 9.41. The van der Waals surface area contributed by atoms with E-state index in [1.54, 1.807) is 36.4 Å². The van der Waals surface area contributed by atoms with Gasteiger partial charge in [0.25, 0.3) is 11.8 Å². The van der Waals surface area contributed by atoms with Gasteiger partial charge in [0, 0.05) is 5.69 Å². The van der Waals surface area contributed by atoms with Crippen molar-refractivity contribution in [2.24, 2.45) is 11.7 Å². The van der Waals surface area contributed by atoms with Gasteiger partial charge in [-0.2, -0.15) is 0 Å². The molecule has 146 valence electrons. The standard InChI is InChI=1S/C21H24N4O3/c22-20(27)15-7-6-12-25(13-15)14-19(26)24-18-11-5-4-10-17(18)21(28)23-16-8-2-1-3-9-16/h1-5,8-11,15H,6-7,12-14H2,(H2,22,27)(H,23,28)(H,24,26)/p+1/t15-/m0/s1. The number of quaternary nitrogens is 1. The summed E-state index contributed by atoms with van der Waals surface area (Å²) in [5.74, 6) is -0.970. The summed E-state index contributed by atoms with van der Waals surface area (Å²) in [7, 11) is 0. The highest BCUT2D eigenvalue weighted by atomic mass is 16.2. The molecule has 0 bridgehead atoms. The predicted octanol–water partition coefficient (Wildman–Crippen LogP) is 0.658. The Balaban J connectivity index is 1.63. The van der Waals surface area contributed by atoms with Crippen LogP contribution in [0.15, 0.2) is 54.6 Å². The van der Waals surface area contributed by atoms with Gasteiger partial charge in [0.1, 0.15) is 0 Å². The summed E-state index contributed by atoms with van der Waals surface area (Å²) in [4.78, 5) is 37.6. The van der Waals surface area contributed by atoms with Crippen molar-refractivity contribution in [3.63, 3.8) is 0 Å². The predicted molar refractivity (Wildman–Crippen MR) is 107 cm³/mol. The van der Waals surface area contributed by atoms with Crippen molar-refractivity contribution < 1.29 is 19.3 Å². The van der Waals surface area contributed by atoms with Gasteiger partial charge in [-0.05, 0) is 37.1 Å². The summed E-state index contributed by atoms with van der Waals surface area (Å²) in [6, 6.07) is 16.0. The number of piperidine rings is 1. The highest BCUT2D eigenvalue weighted by Gasteiger charge is 2.28. The Kier molecular flexibility index (Phi) is 6.39. The smallest absolute Gasteiger partial charge is 0.279 e. The minimum absolute atomic E-state index is 0.180. The lowest BCUT2D eigenvalue weighted by Crippen LogP contribution is -3.14. The molecule has 28 heavy (non-hydrogen) atoms. The summed E-state index contributed by atoms with van der Waals surface area (Å²) in [6.07, 6.45) is 1.65. The second-order valence-corrected chi connectivity index (χ2v) is 7.04. The first-order chi connectivity index (χ1) is 13.5. The molecular weight excluding hydrogens is 356 g/mol. The van der Waals surface area contributed by atoms with Crippen molar-refractivity contribution in [1.29, 1.82) is 0 Å². The first-order valence-corrected chi connectivity index (χ1v) is 9.41. The number of amides is 3. The fourth-order valence-corrected chi connectivity index (χ4v) is 3.49. The van der Waals surface area contributed by atoms with Crippen LogP contribution in [0.4, 0.5) is 11.4 Å². The highest BCUT2D eigenvalue weighted by molar-refractivity contribution is 6.10. The Morgan fingerprint density at radius 1 is 1.00 bits per heavy atom.